The zero-order valence-electron chi connectivity index (χ0n) is 23.9. The molecule has 0 saturated carbocycles. The monoisotopic (exact) mass is 561 g/mol. The van der Waals surface area contributed by atoms with Crippen molar-refractivity contribution < 1.29 is 19.1 Å². The molecule has 0 fully saturated rings. The molecule has 2 unspecified atom stereocenters. The summed E-state index contributed by atoms with van der Waals surface area (Å²) in [5.74, 6) is 1.26. The number of carbonyl (C=O) groups excluding carboxylic acids is 2. The summed E-state index contributed by atoms with van der Waals surface area (Å²) < 4.78 is 10.7. The molecule has 7 heteroatoms. The van der Waals surface area contributed by atoms with E-state index in [0.717, 1.165) is 41.6 Å². The summed E-state index contributed by atoms with van der Waals surface area (Å²) >= 11 is 0. The minimum atomic E-state index is -0.300. The van der Waals surface area contributed by atoms with Crippen molar-refractivity contribution in [2.45, 2.75) is 37.9 Å². The molecule has 42 heavy (non-hydrogen) atoms. The third-order valence-corrected chi connectivity index (χ3v) is 8.27. The largest absolute Gasteiger partial charge is 0.493 e. The Kier molecular flexibility index (Phi) is 7.82. The summed E-state index contributed by atoms with van der Waals surface area (Å²) in [6.45, 7) is 0.493. The van der Waals surface area contributed by atoms with Crippen molar-refractivity contribution in [3.63, 3.8) is 0 Å². The number of hydrogen-bond donors (Lipinski definition) is 2. The van der Waals surface area contributed by atoms with Crippen molar-refractivity contribution in [2.24, 2.45) is 0 Å². The molecule has 6 rings (SSSR count). The van der Waals surface area contributed by atoms with Crippen molar-refractivity contribution in [2.75, 3.05) is 26.1 Å². The van der Waals surface area contributed by atoms with Crippen LogP contribution in [0, 0.1) is 0 Å². The van der Waals surface area contributed by atoms with Gasteiger partial charge in [0, 0.05) is 28.9 Å². The van der Waals surface area contributed by atoms with Gasteiger partial charge in [-0.2, -0.15) is 0 Å². The molecule has 2 aliphatic rings. The van der Waals surface area contributed by atoms with Gasteiger partial charge in [-0.05, 0) is 84.8 Å². The highest BCUT2D eigenvalue weighted by Crippen LogP contribution is 2.44. The molecular formula is C35H35N3O4. The Morgan fingerprint density at radius 3 is 2.40 bits per heavy atom. The fourth-order valence-electron chi connectivity index (χ4n) is 6.16. The average molecular weight is 562 g/mol. The van der Waals surface area contributed by atoms with Crippen LogP contribution in [-0.2, 0) is 12.8 Å². The normalized spacial score (nSPS) is 17.3. The van der Waals surface area contributed by atoms with E-state index in [1.54, 1.807) is 14.2 Å². The molecule has 0 spiro atoms. The maximum atomic E-state index is 13.7. The standard InChI is InChI=1S/C35H35N3O4/c1-41-31-19-14-23(22-32(31)42-2)20-21-36-34(39)25-15-17-26(18-16-25)37-33-28-11-5-6-12-29(28)35(40)38(33)30-13-7-9-24-8-3-4-10-27(24)30/h3-6,8,10-12,14-19,22,30,33,37H,7,9,13,20-21H2,1-2H3,(H,36,39). The van der Waals surface area contributed by atoms with Crippen molar-refractivity contribution >= 4 is 17.5 Å². The van der Waals surface area contributed by atoms with Gasteiger partial charge in [0.25, 0.3) is 11.8 Å². The van der Waals surface area contributed by atoms with Gasteiger partial charge >= 0.3 is 0 Å². The van der Waals surface area contributed by atoms with Gasteiger partial charge in [-0.3, -0.25) is 9.59 Å². The number of fused-ring (bicyclic) bond motifs is 2. The first-order valence-corrected chi connectivity index (χ1v) is 14.4. The number of methoxy groups -OCH3 is 2. The van der Waals surface area contributed by atoms with Crippen molar-refractivity contribution in [3.8, 4) is 11.5 Å². The molecule has 1 aliphatic heterocycles. The van der Waals surface area contributed by atoms with Crippen LogP contribution in [0.1, 0.15) is 68.0 Å². The molecule has 0 bridgehead atoms. The summed E-state index contributed by atoms with van der Waals surface area (Å²) in [5, 5.41) is 6.61. The SMILES string of the molecule is COc1ccc(CCNC(=O)c2ccc(NC3c4ccccc4C(=O)N3C3CCCc4ccccc43)cc2)cc1OC. The predicted octanol–water partition coefficient (Wildman–Crippen LogP) is 6.32. The zero-order chi connectivity index (χ0) is 29.1. The molecule has 0 radical (unpaired) electrons. The van der Waals surface area contributed by atoms with Crippen LogP contribution >= 0.6 is 0 Å². The summed E-state index contributed by atoms with van der Waals surface area (Å²) in [6, 6.07) is 29.5. The fourth-order valence-corrected chi connectivity index (χ4v) is 6.16. The van der Waals surface area contributed by atoms with Gasteiger partial charge in [-0.25, -0.2) is 0 Å². The van der Waals surface area contributed by atoms with E-state index in [-0.39, 0.29) is 24.0 Å². The predicted molar refractivity (Wildman–Crippen MR) is 163 cm³/mol. The average Bonchev–Trinajstić information content (AvgIpc) is 3.31. The summed E-state index contributed by atoms with van der Waals surface area (Å²) in [5.41, 5.74) is 6.74. The van der Waals surface area contributed by atoms with Gasteiger partial charge < -0.3 is 25.0 Å². The van der Waals surface area contributed by atoms with Crippen LogP contribution in [0.2, 0.25) is 0 Å². The highest BCUT2D eigenvalue weighted by atomic mass is 16.5. The van der Waals surface area contributed by atoms with Crippen LogP contribution in [0.25, 0.3) is 0 Å². The van der Waals surface area contributed by atoms with E-state index < -0.39 is 0 Å². The topological polar surface area (TPSA) is 79.9 Å². The number of aryl methyl sites for hydroxylation is 1. The van der Waals surface area contributed by atoms with Crippen LogP contribution in [0.5, 0.6) is 11.5 Å². The van der Waals surface area contributed by atoms with Crippen LogP contribution in [0.4, 0.5) is 5.69 Å². The molecule has 0 saturated heterocycles. The number of hydrogen-bond acceptors (Lipinski definition) is 5. The lowest BCUT2D eigenvalue weighted by atomic mass is 9.86. The summed E-state index contributed by atoms with van der Waals surface area (Å²) in [6.07, 6.45) is 3.38. The second-order valence-electron chi connectivity index (χ2n) is 10.7. The van der Waals surface area contributed by atoms with Gasteiger partial charge in [0.05, 0.1) is 20.3 Å². The van der Waals surface area contributed by atoms with Gasteiger partial charge in [0.1, 0.15) is 6.17 Å². The molecule has 2 atom stereocenters. The zero-order valence-corrected chi connectivity index (χ0v) is 23.9. The van der Waals surface area contributed by atoms with Crippen molar-refractivity contribution in [1.82, 2.24) is 10.2 Å². The Balaban J connectivity index is 1.15. The number of anilines is 1. The molecule has 2 amide bonds. The summed E-state index contributed by atoms with van der Waals surface area (Å²) in [7, 11) is 3.22. The van der Waals surface area contributed by atoms with E-state index in [1.165, 1.54) is 11.1 Å². The number of nitrogens with zero attached hydrogens (tertiary/aromatic N) is 1. The van der Waals surface area contributed by atoms with Crippen LogP contribution in [-0.4, -0.2) is 37.5 Å². The molecule has 214 valence electrons. The maximum absolute atomic E-state index is 13.7. The number of nitrogens with one attached hydrogen (secondary N) is 2. The van der Waals surface area contributed by atoms with Crippen LogP contribution in [0.3, 0.4) is 0 Å². The molecule has 7 nitrogen and oxygen atoms in total. The van der Waals surface area contributed by atoms with Crippen molar-refractivity contribution in [1.29, 1.82) is 0 Å². The molecule has 2 N–H and O–H groups in total. The van der Waals surface area contributed by atoms with E-state index in [2.05, 4.69) is 34.9 Å². The second kappa shape index (κ2) is 12.0. The summed E-state index contributed by atoms with van der Waals surface area (Å²) in [4.78, 5) is 28.6. The second-order valence-corrected chi connectivity index (χ2v) is 10.7. The van der Waals surface area contributed by atoms with Gasteiger partial charge in [0.15, 0.2) is 11.5 Å². The van der Waals surface area contributed by atoms with E-state index >= 15 is 0 Å². The maximum Gasteiger partial charge on any atom is 0.256 e. The van der Waals surface area contributed by atoms with E-state index in [4.69, 9.17) is 9.47 Å². The molecule has 1 aliphatic carbocycles. The molecule has 0 aromatic heterocycles. The van der Waals surface area contributed by atoms with E-state index in [1.807, 2.05) is 71.6 Å². The molecule has 1 heterocycles. The Morgan fingerprint density at radius 2 is 1.62 bits per heavy atom. The lowest BCUT2D eigenvalue weighted by Gasteiger charge is -2.37. The number of amides is 2. The smallest absolute Gasteiger partial charge is 0.256 e. The molecule has 4 aromatic carbocycles. The Bertz CT molecular complexity index is 1600. The number of benzene rings is 4. The number of ether oxygens (including phenoxy) is 2. The van der Waals surface area contributed by atoms with Gasteiger partial charge in [-0.1, -0.05) is 48.5 Å². The third kappa shape index (κ3) is 5.30. The highest BCUT2D eigenvalue weighted by Gasteiger charge is 2.42. The first-order chi connectivity index (χ1) is 20.6. The quantitative estimate of drug-likeness (QED) is 0.250. The fraction of sp³-hybridized carbons (Fsp3) is 0.257. The Labute approximate surface area is 246 Å². The van der Waals surface area contributed by atoms with Crippen molar-refractivity contribution in [3.05, 3.63) is 124 Å². The van der Waals surface area contributed by atoms with E-state index in [9.17, 15) is 9.59 Å². The Hall–Kier alpha value is -4.78. The molecule has 4 aromatic rings. The van der Waals surface area contributed by atoms with Gasteiger partial charge in [0.2, 0.25) is 0 Å². The van der Waals surface area contributed by atoms with Gasteiger partial charge in [-0.15, -0.1) is 0 Å². The van der Waals surface area contributed by atoms with Crippen LogP contribution < -0.4 is 20.1 Å². The Morgan fingerprint density at radius 1 is 0.881 bits per heavy atom. The first-order valence-electron chi connectivity index (χ1n) is 14.4. The lowest BCUT2D eigenvalue weighted by molar-refractivity contribution is 0.0627. The lowest BCUT2D eigenvalue weighted by Crippen LogP contribution is -2.37. The number of rotatable bonds is 9. The molecular weight excluding hydrogens is 526 g/mol. The minimum Gasteiger partial charge on any atom is -0.493 e. The van der Waals surface area contributed by atoms with Crippen LogP contribution in [0.15, 0.2) is 91.0 Å². The number of carbonyl (C=O) groups is 2. The highest BCUT2D eigenvalue weighted by molar-refractivity contribution is 6.00. The third-order valence-electron chi connectivity index (χ3n) is 8.27. The minimum absolute atomic E-state index is 0.00284. The van der Waals surface area contributed by atoms with E-state index in [0.29, 0.717) is 30.0 Å². The first kappa shape index (κ1) is 27.4.